The van der Waals surface area contributed by atoms with E-state index in [4.69, 9.17) is 4.74 Å². The minimum absolute atomic E-state index is 0.331. The van der Waals surface area contributed by atoms with Gasteiger partial charge in [0.05, 0.1) is 18.4 Å². The molecule has 0 saturated carbocycles. The number of pyridine rings is 1. The lowest BCUT2D eigenvalue weighted by Gasteiger charge is -2.14. The fourth-order valence-corrected chi connectivity index (χ4v) is 2.59. The molecule has 2 heterocycles. The average molecular weight is 336 g/mol. The number of ether oxygens (including phenoxy) is 1. The van der Waals surface area contributed by atoms with Gasteiger partial charge in [-0.25, -0.2) is 0 Å². The van der Waals surface area contributed by atoms with Crippen LogP contribution in [0, 0.1) is 6.92 Å². The lowest BCUT2D eigenvalue weighted by atomic mass is 10.2. The SMILES string of the molecule is Cc1cnn(C[C@H](C)NCc2cccc(OCc3ccccn3)c2)c1. The molecular formula is C20H24N4O. The first-order valence-corrected chi connectivity index (χ1v) is 8.53. The van der Waals surface area contributed by atoms with Gasteiger partial charge < -0.3 is 10.1 Å². The second kappa shape index (κ2) is 8.44. The first kappa shape index (κ1) is 17.2. The molecule has 1 atom stereocenters. The van der Waals surface area contributed by atoms with Crippen molar-refractivity contribution in [3.05, 3.63) is 77.9 Å². The van der Waals surface area contributed by atoms with Crippen LogP contribution in [0.25, 0.3) is 0 Å². The lowest BCUT2D eigenvalue weighted by Crippen LogP contribution is -2.30. The molecule has 25 heavy (non-hydrogen) atoms. The minimum Gasteiger partial charge on any atom is -0.487 e. The molecule has 0 aliphatic rings. The molecule has 5 heteroatoms. The van der Waals surface area contributed by atoms with Crippen LogP contribution in [0.2, 0.25) is 0 Å². The minimum atomic E-state index is 0.331. The maximum absolute atomic E-state index is 5.83. The summed E-state index contributed by atoms with van der Waals surface area (Å²) < 4.78 is 7.81. The summed E-state index contributed by atoms with van der Waals surface area (Å²) in [5.41, 5.74) is 3.31. The van der Waals surface area contributed by atoms with E-state index in [-0.39, 0.29) is 0 Å². The summed E-state index contributed by atoms with van der Waals surface area (Å²) in [5, 5.41) is 7.86. The summed E-state index contributed by atoms with van der Waals surface area (Å²) in [6.07, 6.45) is 5.72. The highest BCUT2D eigenvalue weighted by Crippen LogP contribution is 2.15. The van der Waals surface area contributed by atoms with Gasteiger partial charge in [-0.15, -0.1) is 0 Å². The van der Waals surface area contributed by atoms with Crippen LogP contribution < -0.4 is 10.1 Å². The molecule has 1 N–H and O–H groups in total. The van der Waals surface area contributed by atoms with Crippen LogP contribution in [0.15, 0.2) is 61.1 Å². The Kier molecular flexibility index (Phi) is 5.80. The van der Waals surface area contributed by atoms with Gasteiger partial charge in [-0.1, -0.05) is 18.2 Å². The topological polar surface area (TPSA) is 52.0 Å². The Morgan fingerprint density at radius 2 is 2.12 bits per heavy atom. The molecule has 0 unspecified atom stereocenters. The van der Waals surface area contributed by atoms with Crippen molar-refractivity contribution in [1.29, 1.82) is 0 Å². The Morgan fingerprint density at radius 3 is 2.88 bits per heavy atom. The highest BCUT2D eigenvalue weighted by Gasteiger charge is 2.05. The molecule has 130 valence electrons. The summed E-state index contributed by atoms with van der Waals surface area (Å²) in [7, 11) is 0. The van der Waals surface area contributed by atoms with Gasteiger partial charge in [-0.2, -0.15) is 5.10 Å². The summed E-state index contributed by atoms with van der Waals surface area (Å²) in [6, 6.07) is 14.3. The Labute approximate surface area is 148 Å². The molecule has 3 rings (SSSR count). The molecule has 0 fully saturated rings. The van der Waals surface area contributed by atoms with Crippen LogP contribution in [0.3, 0.4) is 0 Å². The third kappa shape index (κ3) is 5.43. The predicted octanol–water partition coefficient (Wildman–Crippen LogP) is 3.34. The number of nitrogens with zero attached hydrogens (tertiary/aromatic N) is 3. The zero-order valence-corrected chi connectivity index (χ0v) is 14.7. The molecule has 0 aliphatic heterocycles. The van der Waals surface area contributed by atoms with E-state index in [0.29, 0.717) is 12.6 Å². The molecular weight excluding hydrogens is 312 g/mol. The first-order valence-electron chi connectivity index (χ1n) is 8.53. The van der Waals surface area contributed by atoms with Gasteiger partial charge >= 0.3 is 0 Å². The van der Waals surface area contributed by atoms with E-state index >= 15 is 0 Å². The maximum Gasteiger partial charge on any atom is 0.130 e. The van der Waals surface area contributed by atoms with E-state index in [9.17, 15) is 0 Å². The standard InChI is InChI=1S/C20H24N4O/c1-16-11-23-24(13-16)14-17(2)22-12-18-6-5-8-20(10-18)25-15-19-7-3-4-9-21-19/h3-11,13,17,22H,12,14-15H2,1-2H3/t17-/m0/s1. The summed E-state index contributed by atoms with van der Waals surface area (Å²) in [4.78, 5) is 4.27. The largest absolute Gasteiger partial charge is 0.487 e. The molecule has 0 saturated heterocycles. The number of benzene rings is 1. The third-order valence-electron chi connectivity index (χ3n) is 3.89. The van der Waals surface area contributed by atoms with Crippen molar-refractivity contribution in [2.45, 2.75) is 39.6 Å². The van der Waals surface area contributed by atoms with Gasteiger partial charge in [-0.3, -0.25) is 9.67 Å². The second-order valence-electron chi connectivity index (χ2n) is 6.28. The zero-order valence-electron chi connectivity index (χ0n) is 14.7. The van der Waals surface area contributed by atoms with Gasteiger partial charge in [0.25, 0.3) is 0 Å². The van der Waals surface area contributed by atoms with Gasteiger partial charge in [0.2, 0.25) is 0 Å². The number of rotatable bonds is 8. The van der Waals surface area contributed by atoms with Crippen LogP contribution in [0.1, 0.15) is 23.7 Å². The molecule has 0 radical (unpaired) electrons. The summed E-state index contributed by atoms with van der Waals surface area (Å²) in [6.45, 7) is 6.34. The number of hydrogen-bond donors (Lipinski definition) is 1. The van der Waals surface area contributed by atoms with Crippen LogP contribution in [-0.2, 0) is 19.7 Å². The molecule has 0 amide bonds. The second-order valence-corrected chi connectivity index (χ2v) is 6.28. The monoisotopic (exact) mass is 336 g/mol. The number of aromatic nitrogens is 3. The van der Waals surface area contributed by atoms with Crippen molar-refractivity contribution in [3.63, 3.8) is 0 Å². The van der Waals surface area contributed by atoms with Gasteiger partial charge in [0.15, 0.2) is 0 Å². The van der Waals surface area contributed by atoms with Crippen LogP contribution in [-0.4, -0.2) is 20.8 Å². The van der Waals surface area contributed by atoms with Gasteiger partial charge in [-0.05, 0) is 49.2 Å². The normalized spacial score (nSPS) is 12.1. The van der Waals surface area contributed by atoms with Gasteiger partial charge in [0.1, 0.15) is 12.4 Å². The van der Waals surface area contributed by atoms with Crippen molar-refractivity contribution in [2.75, 3.05) is 0 Å². The number of aryl methyl sites for hydroxylation is 1. The van der Waals surface area contributed by atoms with Crippen molar-refractivity contribution in [1.82, 2.24) is 20.1 Å². The lowest BCUT2D eigenvalue weighted by molar-refractivity contribution is 0.301. The Hall–Kier alpha value is -2.66. The summed E-state index contributed by atoms with van der Waals surface area (Å²) >= 11 is 0. The Morgan fingerprint density at radius 1 is 1.20 bits per heavy atom. The number of hydrogen-bond acceptors (Lipinski definition) is 4. The van der Waals surface area contributed by atoms with E-state index in [2.05, 4.69) is 47.6 Å². The van der Waals surface area contributed by atoms with E-state index in [0.717, 1.165) is 24.5 Å². The van der Waals surface area contributed by atoms with E-state index in [1.807, 2.05) is 41.2 Å². The van der Waals surface area contributed by atoms with E-state index in [1.165, 1.54) is 11.1 Å². The molecule has 0 spiro atoms. The molecule has 2 aromatic heterocycles. The van der Waals surface area contributed by atoms with Crippen molar-refractivity contribution >= 4 is 0 Å². The zero-order chi connectivity index (χ0) is 17.5. The average Bonchev–Trinajstić information content (AvgIpc) is 3.04. The van der Waals surface area contributed by atoms with E-state index in [1.54, 1.807) is 6.20 Å². The molecule has 0 bridgehead atoms. The van der Waals surface area contributed by atoms with Crippen LogP contribution in [0.4, 0.5) is 0 Å². The summed E-state index contributed by atoms with van der Waals surface area (Å²) in [5.74, 6) is 0.861. The Bertz CT molecular complexity index is 785. The fraction of sp³-hybridized carbons (Fsp3) is 0.300. The number of nitrogens with one attached hydrogen (secondary N) is 1. The maximum atomic E-state index is 5.83. The van der Waals surface area contributed by atoms with Crippen molar-refractivity contribution in [3.8, 4) is 5.75 Å². The van der Waals surface area contributed by atoms with Crippen LogP contribution >= 0.6 is 0 Å². The van der Waals surface area contributed by atoms with Crippen molar-refractivity contribution < 1.29 is 4.74 Å². The van der Waals surface area contributed by atoms with Crippen molar-refractivity contribution in [2.24, 2.45) is 0 Å². The smallest absolute Gasteiger partial charge is 0.130 e. The molecule has 5 nitrogen and oxygen atoms in total. The molecule has 1 aromatic carbocycles. The predicted molar refractivity (Wildman–Crippen MR) is 98.3 cm³/mol. The molecule has 0 aliphatic carbocycles. The molecule has 3 aromatic rings. The van der Waals surface area contributed by atoms with Gasteiger partial charge in [0, 0.05) is 25.0 Å². The third-order valence-corrected chi connectivity index (χ3v) is 3.89. The van der Waals surface area contributed by atoms with E-state index < -0.39 is 0 Å². The van der Waals surface area contributed by atoms with Crippen LogP contribution in [0.5, 0.6) is 5.75 Å². The highest BCUT2D eigenvalue weighted by molar-refractivity contribution is 5.28. The Balaban J connectivity index is 1.49. The fourth-order valence-electron chi connectivity index (χ4n) is 2.59. The quantitative estimate of drug-likeness (QED) is 0.685. The first-order chi connectivity index (χ1) is 12.2. The highest BCUT2D eigenvalue weighted by atomic mass is 16.5.